The lowest BCUT2D eigenvalue weighted by Gasteiger charge is -2.22. The number of thiazole rings is 1. The SMILES string of the molecule is Cc1nc(-c2c[nH]c(C(=O)N(Cc3ccccc3)Cc3ccccc3)c2)cs1. The Kier molecular flexibility index (Phi) is 5.35. The summed E-state index contributed by atoms with van der Waals surface area (Å²) in [6, 6.07) is 22.0. The molecular weight excluding hydrogens is 366 g/mol. The van der Waals surface area contributed by atoms with E-state index >= 15 is 0 Å². The van der Waals surface area contributed by atoms with Crippen LogP contribution < -0.4 is 0 Å². The first-order chi connectivity index (χ1) is 13.7. The van der Waals surface area contributed by atoms with Crippen LogP contribution in [0.25, 0.3) is 11.3 Å². The second-order valence-corrected chi connectivity index (χ2v) is 7.75. The summed E-state index contributed by atoms with van der Waals surface area (Å²) < 4.78 is 0. The maximum absolute atomic E-state index is 13.3. The molecule has 2 aromatic carbocycles. The van der Waals surface area contributed by atoms with Gasteiger partial charge in [0.05, 0.1) is 10.7 Å². The van der Waals surface area contributed by atoms with E-state index in [1.807, 2.05) is 90.1 Å². The highest BCUT2D eigenvalue weighted by molar-refractivity contribution is 7.09. The first-order valence-corrected chi connectivity index (χ1v) is 10.0. The number of hydrogen-bond donors (Lipinski definition) is 1. The maximum Gasteiger partial charge on any atom is 0.270 e. The highest BCUT2D eigenvalue weighted by atomic mass is 32.1. The number of hydrogen-bond acceptors (Lipinski definition) is 3. The van der Waals surface area contributed by atoms with Crippen LogP contribution in [0.3, 0.4) is 0 Å². The largest absolute Gasteiger partial charge is 0.357 e. The molecule has 0 radical (unpaired) electrons. The molecule has 2 heterocycles. The molecule has 0 saturated heterocycles. The van der Waals surface area contributed by atoms with Crippen molar-refractivity contribution in [2.75, 3.05) is 0 Å². The summed E-state index contributed by atoms with van der Waals surface area (Å²) in [6.45, 7) is 3.09. The van der Waals surface area contributed by atoms with E-state index in [0.717, 1.165) is 27.4 Å². The Balaban J connectivity index is 1.59. The van der Waals surface area contributed by atoms with Gasteiger partial charge in [-0.15, -0.1) is 11.3 Å². The summed E-state index contributed by atoms with van der Waals surface area (Å²) in [6.07, 6.45) is 1.85. The van der Waals surface area contributed by atoms with Gasteiger partial charge in [-0.3, -0.25) is 4.79 Å². The minimum atomic E-state index is -0.0223. The van der Waals surface area contributed by atoms with Gasteiger partial charge in [-0.05, 0) is 24.1 Å². The molecule has 0 bridgehead atoms. The summed E-state index contributed by atoms with van der Waals surface area (Å²) in [5.74, 6) is -0.0223. The van der Waals surface area contributed by atoms with Crippen molar-refractivity contribution in [3.63, 3.8) is 0 Å². The van der Waals surface area contributed by atoms with E-state index in [1.165, 1.54) is 0 Å². The number of nitrogens with zero attached hydrogens (tertiary/aromatic N) is 2. The Morgan fingerprint density at radius 1 is 1.00 bits per heavy atom. The summed E-state index contributed by atoms with van der Waals surface area (Å²) in [4.78, 5) is 22.8. The lowest BCUT2D eigenvalue weighted by molar-refractivity contribution is 0.0725. The van der Waals surface area contributed by atoms with E-state index < -0.39 is 0 Å². The molecule has 1 N–H and O–H groups in total. The normalized spacial score (nSPS) is 10.8. The molecule has 4 rings (SSSR count). The molecule has 4 aromatic rings. The van der Waals surface area contributed by atoms with Gasteiger partial charge < -0.3 is 9.88 Å². The number of amides is 1. The van der Waals surface area contributed by atoms with E-state index in [2.05, 4.69) is 9.97 Å². The van der Waals surface area contributed by atoms with Crippen LogP contribution in [-0.2, 0) is 13.1 Å². The Hall–Kier alpha value is -3.18. The molecule has 0 spiro atoms. The monoisotopic (exact) mass is 387 g/mol. The molecular formula is C23H21N3OS. The van der Waals surface area contributed by atoms with Crippen molar-refractivity contribution in [2.24, 2.45) is 0 Å². The van der Waals surface area contributed by atoms with Crippen LogP contribution in [0.4, 0.5) is 0 Å². The number of rotatable bonds is 6. The van der Waals surface area contributed by atoms with Gasteiger partial charge in [0.25, 0.3) is 5.91 Å². The van der Waals surface area contributed by atoms with Crippen molar-refractivity contribution in [3.8, 4) is 11.3 Å². The van der Waals surface area contributed by atoms with Gasteiger partial charge in [0.15, 0.2) is 0 Å². The van der Waals surface area contributed by atoms with Crippen molar-refractivity contribution in [2.45, 2.75) is 20.0 Å². The van der Waals surface area contributed by atoms with Crippen LogP contribution in [0, 0.1) is 6.92 Å². The number of aromatic nitrogens is 2. The quantitative estimate of drug-likeness (QED) is 0.489. The van der Waals surface area contributed by atoms with Crippen molar-refractivity contribution < 1.29 is 4.79 Å². The van der Waals surface area contributed by atoms with Crippen LogP contribution in [0.2, 0.25) is 0 Å². The summed E-state index contributed by atoms with van der Waals surface area (Å²) in [5.41, 5.74) is 4.62. The molecule has 0 aliphatic rings. The van der Waals surface area contributed by atoms with Gasteiger partial charge in [-0.1, -0.05) is 60.7 Å². The van der Waals surface area contributed by atoms with Crippen molar-refractivity contribution >= 4 is 17.2 Å². The number of aromatic amines is 1. The molecule has 1 amide bonds. The summed E-state index contributed by atoms with van der Waals surface area (Å²) in [5, 5.41) is 3.03. The highest BCUT2D eigenvalue weighted by Crippen LogP contribution is 2.23. The van der Waals surface area contributed by atoms with Gasteiger partial charge in [0.2, 0.25) is 0 Å². The zero-order valence-electron chi connectivity index (χ0n) is 15.6. The zero-order chi connectivity index (χ0) is 19.3. The number of nitrogens with one attached hydrogen (secondary N) is 1. The lowest BCUT2D eigenvalue weighted by atomic mass is 10.1. The van der Waals surface area contributed by atoms with Gasteiger partial charge in [-0.2, -0.15) is 0 Å². The number of H-pyrrole nitrogens is 1. The van der Waals surface area contributed by atoms with Crippen LogP contribution in [-0.4, -0.2) is 20.8 Å². The van der Waals surface area contributed by atoms with Crippen LogP contribution in [0.15, 0.2) is 78.3 Å². The lowest BCUT2D eigenvalue weighted by Crippen LogP contribution is -2.30. The second kappa shape index (κ2) is 8.23. The Morgan fingerprint density at radius 3 is 2.14 bits per heavy atom. The molecule has 5 heteroatoms. The third kappa shape index (κ3) is 4.21. The molecule has 2 aromatic heterocycles. The van der Waals surface area contributed by atoms with Crippen molar-refractivity contribution in [1.82, 2.24) is 14.9 Å². The molecule has 0 unspecified atom stereocenters. The number of carbonyl (C=O) groups excluding carboxylic acids is 1. The fourth-order valence-corrected chi connectivity index (χ4v) is 3.76. The predicted octanol–water partition coefficient (Wildman–Crippen LogP) is 5.29. The van der Waals surface area contributed by atoms with Crippen LogP contribution in [0.5, 0.6) is 0 Å². The summed E-state index contributed by atoms with van der Waals surface area (Å²) >= 11 is 1.61. The van der Waals surface area contributed by atoms with Crippen molar-refractivity contribution in [1.29, 1.82) is 0 Å². The van der Waals surface area contributed by atoms with Gasteiger partial charge in [-0.25, -0.2) is 4.98 Å². The van der Waals surface area contributed by atoms with E-state index in [4.69, 9.17) is 0 Å². The fourth-order valence-electron chi connectivity index (χ4n) is 3.14. The van der Waals surface area contributed by atoms with Gasteiger partial charge in [0.1, 0.15) is 5.69 Å². The third-order valence-electron chi connectivity index (χ3n) is 4.55. The van der Waals surface area contributed by atoms with E-state index in [1.54, 1.807) is 11.3 Å². The average Bonchev–Trinajstić information content (AvgIpc) is 3.38. The molecule has 4 nitrogen and oxygen atoms in total. The van der Waals surface area contributed by atoms with Crippen molar-refractivity contribution in [3.05, 3.63) is 100 Å². The highest BCUT2D eigenvalue weighted by Gasteiger charge is 2.19. The number of benzene rings is 2. The van der Waals surface area contributed by atoms with Gasteiger partial charge >= 0.3 is 0 Å². The number of carbonyl (C=O) groups is 1. The van der Waals surface area contributed by atoms with Gasteiger partial charge in [0, 0.05) is 30.2 Å². The molecule has 140 valence electrons. The fraction of sp³-hybridized carbons (Fsp3) is 0.130. The Bertz CT molecular complexity index is 1010. The minimum Gasteiger partial charge on any atom is -0.357 e. The maximum atomic E-state index is 13.3. The first kappa shape index (κ1) is 18.2. The molecule has 0 atom stereocenters. The second-order valence-electron chi connectivity index (χ2n) is 6.69. The van der Waals surface area contributed by atoms with E-state index in [0.29, 0.717) is 18.8 Å². The molecule has 0 saturated carbocycles. The first-order valence-electron chi connectivity index (χ1n) is 9.17. The number of aryl methyl sites for hydroxylation is 1. The minimum absolute atomic E-state index is 0.0223. The van der Waals surface area contributed by atoms with E-state index in [-0.39, 0.29) is 5.91 Å². The smallest absolute Gasteiger partial charge is 0.270 e. The molecule has 0 aliphatic heterocycles. The summed E-state index contributed by atoms with van der Waals surface area (Å²) in [7, 11) is 0. The van der Waals surface area contributed by atoms with Crippen LogP contribution >= 0.6 is 11.3 Å². The Morgan fingerprint density at radius 2 is 1.61 bits per heavy atom. The third-order valence-corrected chi connectivity index (χ3v) is 5.32. The molecule has 0 aliphatic carbocycles. The zero-order valence-corrected chi connectivity index (χ0v) is 16.4. The average molecular weight is 388 g/mol. The molecule has 0 fully saturated rings. The molecule has 28 heavy (non-hydrogen) atoms. The van der Waals surface area contributed by atoms with E-state index in [9.17, 15) is 4.79 Å². The van der Waals surface area contributed by atoms with Crippen LogP contribution in [0.1, 0.15) is 26.6 Å². The Labute approximate surface area is 168 Å². The predicted molar refractivity (Wildman–Crippen MR) is 113 cm³/mol. The standard InChI is InChI=1S/C23H21N3OS/c1-17-25-22(16-28-17)20-12-21(24-13-20)23(27)26(14-18-8-4-2-5-9-18)15-19-10-6-3-7-11-19/h2-13,16,24H,14-15H2,1H3. The topological polar surface area (TPSA) is 49.0 Å².